The van der Waals surface area contributed by atoms with Gasteiger partial charge in [-0.25, -0.2) is 13.8 Å². The van der Waals surface area contributed by atoms with Crippen molar-refractivity contribution < 1.29 is 8.78 Å². The van der Waals surface area contributed by atoms with Gasteiger partial charge in [0.2, 0.25) is 0 Å². The highest BCUT2D eigenvalue weighted by Gasteiger charge is 2.40. The van der Waals surface area contributed by atoms with Crippen molar-refractivity contribution in [1.29, 1.82) is 0 Å². The molecule has 2 N–H and O–H groups in total. The molecule has 1 unspecified atom stereocenters. The molecule has 3 nitrogen and oxygen atoms in total. The standard InChI is InChI=1S/C9H13F2N3/c1-5-6(2)14-8(13-5)7-3-9(10,11)4-12-7/h7,12H,3-4H2,1-2H3,(H,13,14). The van der Waals surface area contributed by atoms with E-state index in [9.17, 15) is 8.78 Å². The van der Waals surface area contributed by atoms with E-state index in [1.807, 2.05) is 13.8 Å². The van der Waals surface area contributed by atoms with Crippen molar-refractivity contribution in [3.05, 3.63) is 17.2 Å². The molecule has 1 aliphatic heterocycles. The molecule has 1 saturated heterocycles. The lowest BCUT2D eigenvalue weighted by Gasteiger charge is -2.06. The van der Waals surface area contributed by atoms with Crippen LogP contribution in [0.15, 0.2) is 0 Å². The van der Waals surface area contributed by atoms with Gasteiger partial charge in [-0.3, -0.25) is 0 Å². The zero-order valence-electron chi connectivity index (χ0n) is 8.19. The summed E-state index contributed by atoms with van der Waals surface area (Å²) < 4.78 is 25.8. The molecule has 5 heteroatoms. The van der Waals surface area contributed by atoms with E-state index in [4.69, 9.17) is 0 Å². The fraction of sp³-hybridized carbons (Fsp3) is 0.667. The average molecular weight is 201 g/mol. The second-order valence-corrected chi connectivity index (χ2v) is 3.83. The Morgan fingerprint density at radius 3 is 2.57 bits per heavy atom. The Hall–Kier alpha value is -0.970. The monoisotopic (exact) mass is 201 g/mol. The van der Waals surface area contributed by atoms with E-state index in [-0.39, 0.29) is 19.0 Å². The van der Waals surface area contributed by atoms with Crippen molar-refractivity contribution in [3.63, 3.8) is 0 Å². The summed E-state index contributed by atoms with van der Waals surface area (Å²) in [6.07, 6.45) is -0.167. The molecular weight excluding hydrogens is 188 g/mol. The first kappa shape index (κ1) is 9.58. The van der Waals surface area contributed by atoms with E-state index in [1.54, 1.807) is 0 Å². The molecule has 0 aliphatic carbocycles. The number of nitrogens with one attached hydrogen (secondary N) is 2. The normalized spacial score (nSPS) is 25.6. The minimum Gasteiger partial charge on any atom is -0.345 e. The Kier molecular flexibility index (Phi) is 2.06. The first-order valence-corrected chi connectivity index (χ1v) is 4.62. The topological polar surface area (TPSA) is 40.7 Å². The van der Waals surface area contributed by atoms with E-state index in [0.29, 0.717) is 5.82 Å². The third kappa shape index (κ3) is 1.64. The van der Waals surface area contributed by atoms with Gasteiger partial charge in [-0.1, -0.05) is 0 Å². The minimum atomic E-state index is -2.60. The van der Waals surface area contributed by atoms with Gasteiger partial charge in [-0.2, -0.15) is 0 Å². The number of nitrogens with zero attached hydrogens (tertiary/aromatic N) is 1. The fourth-order valence-electron chi connectivity index (χ4n) is 1.65. The van der Waals surface area contributed by atoms with Gasteiger partial charge >= 0.3 is 0 Å². The molecule has 0 aromatic carbocycles. The zero-order chi connectivity index (χ0) is 10.3. The van der Waals surface area contributed by atoms with Crippen LogP contribution in [0.4, 0.5) is 8.78 Å². The van der Waals surface area contributed by atoms with Crippen molar-refractivity contribution in [2.24, 2.45) is 0 Å². The van der Waals surface area contributed by atoms with Gasteiger partial charge in [0, 0.05) is 12.1 Å². The number of H-pyrrole nitrogens is 1. The van der Waals surface area contributed by atoms with Gasteiger partial charge in [0.05, 0.1) is 18.3 Å². The van der Waals surface area contributed by atoms with Crippen molar-refractivity contribution in [1.82, 2.24) is 15.3 Å². The molecule has 1 aromatic heterocycles. The molecule has 2 heterocycles. The number of hydrogen-bond donors (Lipinski definition) is 2. The highest BCUT2D eigenvalue weighted by atomic mass is 19.3. The molecule has 14 heavy (non-hydrogen) atoms. The van der Waals surface area contributed by atoms with Crippen LogP contribution in [0.5, 0.6) is 0 Å². The quantitative estimate of drug-likeness (QED) is 0.726. The molecule has 1 atom stereocenters. The molecule has 0 amide bonds. The van der Waals surface area contributed by atoms with Gasteiger partial charge in [0.25, 0.3) is 5.92 Å². The smallest absolute Gasteiger partial charge is 0.262 e. The highest BCUT2D eigenvalue weighted by molar-refractivity contribution is 5.14. The molecular formula is C9H13F2N3. The lowest BCUT2D eigenvalue weighted by Crippen LogP contribution is -2.19. The zero-order valence-corrected chi connectivity index (χ0v) is 8.19. The van der Waals surface area contributed by atoms with Gasteiger partial charge in [-0.15, -0.1) is 0 Å². The molecule has 0 radical (unpaired) electrons. The first-order chi connectivity index (χ1) is 6.48. The van der Waals surface area contributed by atoms with Gasteiger partial charge < -0.3 is 10.3 Å². The van der Waals surface area contributed by atoms with E-state index in [0.717, 1.165) is 11.4 Å². The van der Waals surface area contributed by atoms with E-state index in [1.165, 1.54) is 0 Å². The molecule has 1 fully saturated rings. The molecule has 0 bridgehead atoms. The number of aryl methyl sites for hydroxylation is 2. The summed E-state index contributed by atoms with van der Waals surface area (Å²) in [5.41, 5.74) is 1.81. The summed E-state index contributed by atoms with van der Waals surface area (Å²) in [5.74, 6) is -1.98. The Balaban J connectivity index is 2.17. The van der Waals surface area contributed by atoms with Crippen LogP contribution >= 0.6 is 0 Å². The van der Waals surface area contributed by atoms with Crippen molar-refractivity contribution >= 4 is 0 Å². The predicted molar refractivity (Wildman–Crippen MR) is 48.4 cm³/mol. The highest BCUT2D eigenvalue weighted by Crippen LogP contribution is 2.32. The summed E-state index contributed by atoms with van der Waals surface area (Å²) in [5, 5.41) is 2.76. The molecule has 0 spiro atoms. The predicted octanol–water partition coefficient (Wildman–Crippen LogP) is 1.70. The fourth-order valence-corrected chi connectivity index (χ4v) is 1.65. The van der Waals surface area contributed by atoms with Crippen molar-refractivity contribution in [3.8, 4) is 0 Å². The van der Waals surface area contributed by atoms with Crippen LogP contribution in [0.1, 0.15) is 29.7 Å². The maximum absolute atomic E-state index is 12.9. The van der Waals surface area contributed by atoms with Crippen LogP contribution in [0.25, 0.3) is 0 Å². The summed E-state index contributed by atoms with van der Waals surface area (Å²) in [6.45, 7) is 3.50. The van der Waals surface area contributed by atoms with E-state index >= 15 is 0 Å². The van der Waals surface area contributed by atoms with Crippen LogP contribution in [-0.4, -0.2) is 22.4 Å². The Morgan fingerprint density at radius 2 is 2.14 bits per heavy atom. The Morgan fingerprint density at radius 1 is 1.43 bits per heavy atom. The van der Waals surface area contributed by atoms with Crippen LogP contribution in [-0.2, 0) is 0 Å². The minimum absolute atomic E-state index is 0.167. The van der Waals surface area contributed by atoms with Crippen LogP contribution in [0.3, 0.4) is 0 Å². The third-order valence-electron chi connectivity index (χ3n) is 2.59. The maximum atomic E-state index is 12.9. The van der Waals surface area contributed by atoms with Gasteiger partial charge in [-0.05, 0) is 13.8 Å². The molecule has 0 saturated carbocycles. The summed E-state index contributed by atoms with van der Waals surface area (Å²) >= 11 is 0. The first-order valence-electron chi connectivity index (χ1n) is 4.62. The maximum Gasteiger partial charge on any atom is 0.262 e. The molecule has 78 valence electrons. The second kappa shape index (κ2) is 3.02. The van der Waals surface area contributed by atoms with Crippen LogP contribution in [0.2, 0.25) is 0 Å². The summed E-state index contributed by atoms with van der Waals surface area (Å²) in [6, 6.07) is -0.336. The third-order valence-corrected chi connectivity index (χ3v) is 2.59. The average Bonchev–Trinajstić information content (AvgIpc) is 2.57. The number of aromatic nitrogens is 2. The van der Waals surface area contributed by atoms with Crippen molar-refractivity contribution in [2.45, 2.75) is 32.2 Å². The number of aromatic amines is 1. The van der Waals surface area contributed by atoms with Gasteiger partial charge in [0.1, 0.15) is 5.82 Å². The number of rotatable bonds is 1. The van der Waals surface area contributed by atoms with E-state index < -0.39 is 5.92 Å². The number of imidazole rings is 1. The lowest BCUT2D eigenvalue weighted by molar-refractivity contribution is 0.0208. The summed E-state index contributed by atoms with van der Waals surface area (Å²) in [4.78, 5) is 7.22. The molecule has 2 rings (SSSR count). The lowest BCUT2D eigenvalue weighted by atomic mass is 10.2. The summed E-state index contributed by atoms with van der Waals surface area (Å²) in [7, 11) is 0. The largest absolute Gasteiger partial charge is 0.345 e. The number of halogens is 2. The Labute approximate surface area is 80.9 Å². The second-order valence-electron chi connectivity index (χ2n) is 3.83. The molecule has 1 aromatic rings. The van der Waals surface area contributed by atoms with Crippen LogP contribution in [0, 0.1) is 13.8 Å². The number of hydrogen-bond acceptors (Lipinski definition) is 2. The van der Waals surface area contributed by atoms with Crippen LogP contribution < -0.4 is 5.32 Å². The van der Waals surface area contributed by atoms with E-state index in [2.05, 4.69) is 15.3 Å². The SMILES string of the molecule is Cc1nc(C2CC(F)(F)CN2)[nH]c1C. The molecule has 1 aliphatic rings. The number of alkyl halides is 2. The van der Waals surface area contributed by atoms with Crippen molar-refractivity contribution in [2.75, 3.05) is 6.54 Å². The Bertz CT molecular complexity index is 326. The van der Waals surface area contributed by atoms with Gasteiger partial charge in [0.15, 0.2) is 0 Å².